The lowest BCUT2D eigenvalue weighted by Crippen LogP contribution is -2.18. The molecule has 1 aromatic carbocycles. The number of benzene rings is 1. The number of nitrogens with zero attached hydrogens (tertiary/aromatic N) is 1. The van der Waals surface area contributed by atoms with Gasteiger partial charge in [-0.25, -0.2) is 0 Å². The second kappa shape index (κ2) is 9.96. The zero-order chi connectivity index (χ0) is 19.8. The minimum atomic E-state index is -0.0168. The van der Waals surface area contributed by atoms with Gasteiger partial charge in [-0.05, 0) is 47.8 Å². The lowest BCUT2D eigenvalue weighted by Gasteiger charge is -2.22. The summed E-state index contributed by atoms with van der Waals surface area (Å²) in [7, 11) is 0. The van der Waals surface area contributed by atoms with E-state index in [0.29, 0.717) is 26.1 Å². The number of carbonyl (C=O) groups excluding carboxylic acids is 1. The number of ether oxygens (including phenoxy) is 1. The van der Waals surface area contributed by atoms with Crippen molar-refractivity contribution in [1.82, 2.24) is 5.32 Å². The van der Waals surface area contributed by atoms with Crippen molar-refractivity contribution < 1.29 is 9.53 Å². The van der Waals surface area contributed by atoms with E-state index >= 15 is 0 Å². The lowest BCUT2D eigenvalue weighted by atomic mass is 9.94. The fourth-order valence-electron chi connectivity index (χ4n) is 2.90. The minimum absolute atomic E-state index is 0.0168. The van der Waals surface area contributed by atoms with Crippen LogP contribution in [0.25, 0.3) is 10.5 Å². The van der Waals surface area contributed by atoms with Crippen molar-refractivity contribution in [1.29, 1.82) is 0 Å². The summed E-state index contributed by atoms with van der Waals surface area (Å²) >= 11 is 1.64. The maximum absolute atomic E-state index is 12.1. The van der Waals surface area contributed by atoms with Gasteiger partial charge in [-0.15, -0.1) is 11.8 Å². The van der Waals surface area contributed by atoms with Crippen LogP contribution in [0.3, 0.4) is 0 Å². The molecule has 4 N–H and O–H groups in total. The molecule has 0 aromatic heterocycles. The van der Waals surface area contributed by atoms with Crippen molar-refractivity contribution in [3.63, 3.8) is 0 Å². The van der Waals surface area contributed by atoms with Gasteiger partial charge in [0.1, 0.15) is 12.4 Å². The van der Waals surface area contributed by atoms with Gasteiger partial charge in [0.05, 0.1) is 19.3 Å². The maximum Gasteiger partial charge on any atom is 0.228 e. The molecule has 3 rings (SSSR count). The highest BCUT2D eigenvalue weighted by molar-refractivity contribution is 8.07. The predicted octanol–water partition coefficient (Wildman–Crippen LogP) is 3.12. The smallest absolute Gasteiger partial charge is 0.228 e. The normalized spacial score (nSPS) is 17.9. The molecule has 0 radical (unpaired) electrons. The molecule has 0 saturated carbocycles. The molecule has 1 aromatic rings. The Balaban J connectivity index is 1.90. The Hall–Kier alpha value is -2.77. The van der Waals surface area contributed by atoms with Crippen LogP contribution in [0, 0.1) is 0 Å². The van der Waals surface area contributed by atoms with E-state index < -0.39 is 0 Å². The highest BCUT2D eigenvalue weighted by Gasteiger charge is 2.21. The monoisotopic (exact) mass is 396 g/mol. The zero-order valence-electron chi connectivity index (χ0n) is 15.8. The third-order valence-electron chi connectivity index (χ3n) is 4.19. The van der Waals surface area contributed by atoms with Crippen molar-refractivity contribution in [3.05, 3.63) is 65.6 Å². The second-order valence-corrected chi connectivity index (χ2v) is 7.01. The van der Waals surface area contributed by atoms with Crippen LogP contribution in [0.15, 0.2) is 59.5 Å². The number of allylic oxidation sites excluding steroid dienone is 3. The van der Waals surface area contributed by atoms with E-state index in [-0.39, 0.29) is 5.91 Å². The van der Waals surface area contributed by atoms with Gasteiger partial charge in [0.2, 0.25) is 5.91 Å². The van der Waals surface area contributed by atoms with Crippen molar-refractivity contribution >= 4 is 40.2 Å². The molecule has 146 valence electrons. The molecule has 0 aliphatic carbocycles. The molecule has 0 unspecified atom stereocenters. The Bertz CT molecular complexity index is 884. The molecular formula is C21H24N4O2S. The first-order chi connectivity index (χ1) is 13.7. The van der Waals surface area contributed by atoms with Gasteiger partial charge in [0.15, 0.2) is 0 Å². The number of fused-ring (bicyclic) bond motifs is 1. The highest BCUT2D eigenvalue weighted by atomic mass is 32.2. The Morgan fingerprint density at radius 3 is 3.11 bits per heavy atom. The molecule has 2 aliphatic heterocycles. The van der Waals surface area contributed by atoms with E-state index in [4.69, 9.17) is 10.5 Å². The largest absolute Gasteiger partial charge is 0.490 e. The first-order valence-corrected chi connectivity index (χ1v) is 10.3. The van der Waals surface area contributed by atoms with Crippen LogP contribution < -0.4 is 16.4 Å². The number of hydrogen-bond acceptors (Lipinski definition) is 5. The molecule has 0 spiro atoms. The first-order valence-electron chi connectivity index (χ1n) is 9.04. The van der Waals surface area contributed by atoms with Crippen LogP contribution in [0.1, 0.15) is 17.5 Å². The van der Waals surface area contributed by atoms with Crippen molar-refractivity contribution in [2.45, 2.75) is 6.42 Å². The molecule has 28 heavy (non-hydrogen) atoms. The number of carbonyl (C=O) groups is 1. The third-order valence-corrected chi connectivity index (χ3v) is 4.99. The van der Waals surface area contributed by atoms with Crippen molar-refractivity contribution in [2.75, 3.05) is 31.3 Å². The third kappa shape index (κ3) is 5.15. The van der Waals surface area contributed by atoms with Crippen LogP contribution in [-0.2, 0) is 9.53 Å². The average molecular weight is 397 g/mol. The summed E-state index contributed by atoms with van der Waals surface area (Å²) in [6.45, 7) is 1.67. The first kappa shape index (κ1) is 20.0. The number of rotatable bonds is 7. The molecular weight excluding hydrogens is 372 g/mol. The van der Waals surface area contributed by atoms with Crippen LogP contribution in [0.4, 0.5) is 5.69 Å². The van der Waals surface area contributed by atoms with Crippen LogP contribution >= 0.6 is 11.8 Å². The number of nitrogens with two attached hydrogens (primary N) is 1. The van der Waals surface area contributed by atoms with E-state index in [1.54, 1.807) is 18.1 Å². The molecule has 1 amide bonds. The number of anilines is 1. The average Bonchev–Trinajstić information content (AvgIpc) is 2.71. The van der Waals surface area contributed by atoms with Gasteiger partial charge in [0, 0.05) is 28.9 Å². The van der Waals surface area contributed by atoms with Gasteiger partial charge in [-0.2, -0.15) is 0 Å². The summed E-state index contributed by atoms with van der Waals surface area (Å²) in [6, 6.07) is 6.04. The van der Waals surface area contributed by atoms with Crippen molar-refractivity contribution in [2.24, 2.45) is 10.7 Å². The van der Waals surface area contributed by atoms with Crippen LogP contribution in [0.2, 0.25) is 0 Å². The number of amides is 1. The quantitative estimate of drug-likeness (QED) is 0.487. The molecule has 6 nitrogen and oxygen atoms in total. The summed E-state index contributed by atoms with van der Waals surface area (Å²) in [5.41, 5.74) is 9.26. The molecule has 0 saturated heterocycles. The Labute approximate surface area is 169 Å². The van der Waals surface area contributed by atoms with E-state index in [9.17, 15) is 4.79 Å². The number of nitrogens with one attached hydrogen (secondary N) is 2. The van der Waals surface area contributed by atoms with Gasteiger partial charge in [0.25, 0.3) is 0 Å². The van der Waals surface area contributed by atoms with E-state index in [0.717, 1.165) is 33.1 Å². The van der Waals surface area contributed by atoms with Crippen LogP contribution in [0.5, 0.6) is 0 Å². The number of thioether (sulfide) groups is 1. The second-order valence-electron chi connectivity index (χ2n) is 6.17. The van der Waals surface area contributed by atoms with Gasteiger partial charge < -0.3 is 21.1 Å². The molecule has 0 fully saturated rings. The summed E-state index contributed by atoms with van der Waals surface area (Å²) in [4.78, 5) is 17.3. The Kier molecular flexibility index (Phi) is 7.11. The standard InChI is InChI=1S/C21H24N4O2S/c1-28-20(13-24-14-23-8-7-22)15-5-6-19-18(11-15)16(12-21(26)25-19)10-17-4-2-3-9-27-17/h2-6,10-11,13-14H,7-9,12,22H2,1H3,(H,23,24)(H,25,26)/b16-10-,20-13-. The van der Waals surface area contributed by atoms with E-state index in [1.165, 1.54) is 0 Å². The Morgan fingerprint density at radius 1 is 1.46 bits per heavy atom. The Morgan fingerprint density at radius 2 is 2.36 bits per heavy atom. The van der Waals surface area contributed by atoms with Gasteiger partial charge >= 0.3 is 0 Å². The lowest BCUT2D eigenvalue weighted by molar-refractivity contribution is -0.115. The minimum Gasteiger partial charge on any atom is -0.490 e. The zero-order valence-corrected chi connectivity index (χ0v) is 16.6. The summed E-state index contributed by atoms with van der Waals surface area (Å²) in [6.07, 6.45) is 13.7. The SMILES string of the molecule is CS/C(=C\NC=NCCN)c1ccc2c(c1)/C(=C\C1=CC=CCO1)CC(=O)N2. The number of aliphatic imine (C=N–C) groups is 1. The van der Waals surface area contributed by atoms with Crippen LogP contribution in [-0.4, -0.2) is 38.2 Å². The van der Waals surface area contributed by atoms with E-state index in [2.05, 4.69) is 21.7 Å². The molecule has 2 aliphatic rings. The predicted molar refractivity (Wildman–Crippen MR) is 118 cm³/mol. The van der Waals surface area contributed by atoms with E-state index in [1.807, 2.05) is 48.9 Å². The topological polar surface area (TPSA) is 88.7 Å². The highest BCUT2D eigenvalue weighted by Crippen LogP contribution is 2.36. The number of hydrogen-bond donors (Lipinski definition) is 3. The molecule has 7 heteroatoms. The summed E-state index contributed by atoms with van der Waals surface area (Å²) in [5.74, 6) is 0.749. The summed E-state index contributed by atoms with van der Waals surface area (Å²) in [5, 5.41) is 6.03. The molecule has 0 atom stereocenters. The maximum atomic E-state index is 12.1. The van der Waals surface area contributed by atoms with Crippen molar-refractivity contribution in [3.8, 4) is 0 Å². The molecule has 0 bridgehead atoms. The van der Waals surface area contributed by atoms with Gasteiger partial charge in [-0.1, -0.05) is 12.1 Å². The fraction of sp³-hybridized carbons (Fsp3) is 0.238. The summed E-state index contributed by atoms with van der Waals surface area (Å²) < 4.78 is 5.63. The fourth-order valence-corrected chi connectivity index (χ4v) is 3.45. The molecule has 2 heterocycles. The van der Waals surface area contributed by atoms with Gasteiger partial charge in [-0.3, -0.25) is 9.79 Å².